The van der Waals surface area contributed by atoms with E-state index in [1.807, 2.05) is 26.2 Å². The highest BCUT2D eigenvalue weighted by Crippen LogP contribution is 2.28. The third-order valence-corrected chi connectivity index (χ3v) is 6.69. The van der Waals surface area contributed by atoms with Crippen LogP contribution in [0.4, 0.5) is 21.3 Å². The molecular formula is C26H28ClN7O2S. The van der Waals surface area contributed by atoms with Crippen molar-refractivity contribution in [1.82, 2.24) is 19.8 Å². The van der Waals surface area contributed by atoms with E-state index in [0.717, 1.165) is 28.7 Å². The number of anilines is 3. The fraction of sp³-hybridized carbons (Fsp3) is 0.231. The maximum absolute atomic E-state index is 13.2. The van der Waals surface area contributed by atoms with Crippen LogP contribution in [0.3, 0.4) is 0 Å². The van der Waals surface area contributed by atoms with Crippen LogP contribution in [0.15, 0.2) is 60.8 Å². The van der Waals surface area contributed by atoms with Crippen molar-refractivity contribution in [2.45, 2.75) is 13.0 Å². The summed E-state index contributed by atoms with van der Waals surface area (Å²) in [6, 6.07) is 15.6. The van der Waals surface area contributed by atoms with Gasteiger partial charge in [-0.15, -0.1) is 0 Å². The minimum absolute atomic E-state index is 0.253. The summed E-state index contributed by atoms with van der Waals surface area (Å²) in [6.07, 6.45) is 2.40. The number of halogens is 1. The summed E-state index contributed by atoms with van der Waals surface area (Å²) in [7, 11) is 3.99. The minimum Gasteiger partial charge on any atom is -0.397 e. The molecule has 4 N–H and O–H groups in total. The number of nitrogens with two attached hydrogens (primary N) is 1. The molecule has 0 fully saturated rings. The van der Waals surface area contributed by atoms with Crippen LogP contribution in [0.1, 0.15) is 22.5 Å². The first-order chi connectivity index (χ1) is 17.8. The summed E-state index contributed by atoms with van der Waals surface area (Å²) in [5, 5.41) is 6.80. The Bertz CT molecular complexity index is 1390. The Morgan fingerprint density at radius 3 is 2.59 bits per heavy atom. The number of pyridine rings is 1. The zero-order valence-corrected chi connectivity index (χ0v) is 22.1. The lowest BCUT2D eigenvalue weighted by molar-refractivity contribution is 0.102. The van der Waals surface area contributed by atoms with Crippen LogP contribution in [-0.4, -0.2) is 58.9 Å². The fourth-order valence-electron chi connectivity index (χ4n) is 3.62. The number of rotatable bonds is 9. The topological polar surface area (TPSA) is 116 Å². The van der Waals surface area contributed by atoms with Gasteiger partial charge in [-0.05, 0) is 69.0 Å². The van der Waals surface area contributed by atoms with Crippen LogP contribution in [0.25, 0.3) is 10.2 Å². The van der Waals surface area contributed by atoms with E-state index in [0.29, 0.717) is 34.6 Å². The van der Waals surface area contributed by atoms with Gasteiger partial charge in [-0.1, -0.05) is 41.1 Å². The van der Waals surface area contributed by atoms with Gasteiger partial charge in [0, 0.05) is 24.3 Å². The SMILES string of the molecule is CN(C)CCCN(Cc1ccc(C(=O)Nc2ccccc2N)nc1)C(=O)Nc1nc2ccc(Cl)cc2s1. The van der Waals surface area contributed by atoms with Gasteiger partial charge in [0.2, 0.25) is 0 Å². The Hall–Kier alpha value is -3.73. The molecule has 0 radical (unpaired) electrons. The van der Waals surface area contributed by atoms with Crippen molar-refractivity contribution in [1.29, 1.82) is 0 Å². The summed E-state index contributed by atoms with van der Waals surface area (Å²) in [5.41, 5.74) is 8.74. The maximum atomic E-state index is 13.2. The van der Waals surface area contributed by atoms with Gasteiger partial charge in [0.1, 0.15) is 5.69 Å². The van der Waals surface area contributed by atoms with Gasteiger partial charge >= 0.3 is 6.03 Å². The first-order valence-corrected chi connectivity index (χ1v) is 12.9. The lowest BCUT2D eigenvalue weighted by Crippen LogP contribution is -2.36. The highest BCUT2D eigenvalue weighted by molar-refractivity contribution is 7.22. The van der Waals surface area contributed by atoms with Gasteiger partial charge in [-0.3, -0.25) is 15.1 Å². The zero-order chi connectivity index (χ0) is 26.4. The minimum atomic E-state index is -0.360. The van der Waals surface area contributed by atoms with Crippen LogP contribution in [0, 0.1) is 0 Å². The van der Waals surface area contributed by atoms with Crippen molar-refractivity contribution in [3.05, 3.63) is 77.1 Å². The average molecular weight is 538 g/mol. The van der Waals surface area contributed by atoms with E-state index in [1.165, 1.54) is 11.3 Å². The number of aromatic nitrogens is 2. The normalized spacial score (nSPS) is 11.0. The Kier molecular flexibility index (Phi) is 8.54. The number of hydrogen-bond acceptors (Lipinski definition) is 7. The largest absolute Gasteiger partial charge is 0.397 e. The average Bonchev–Trinajstić information content (AvgIpc) is 3.26. The number of carbonyl (C=O) groups excluding carboxylic acids is 2. The number of amides is 3. The summed E-state index contributed by atoms with van der Waals surface area (Å²) >= 11 is 7.45. The molecule has 0 unspecified atom stereocenters. The molecule has 4 aromatic rings. The molecule has 37 heavy (non-hydrogen) atoms. The molecule has 192 valence electrons. The quantitative estimate of drug-likeness (QED) is 0.254. The standard InChI is InChI=1S/C26H28ClN7O2S/c1-33(2)12-5-13-34(26(36)32-25-31-21-11-9-18(27)14-23(21)37-25)16-17-8-10-22(29-15-17)24(35)30-20-7-4-3-6-19(20)28/h3-4,6-11,14-15H,5,12-13,16,28H2,1-2H3,(H,30,35)(H,31,32,36). The number of fused-ring (bicyclic) bond motifs is 1. The molecule has 2 aromatic carbocycles. The molecule has 0 aliphatic carbocycles. The number of nitrogens with one attached hydrogen (secondary N) is 2. The van der Waals surface area contributed by atoms with Gasteiger partial charge in [0.25, 0.3) is 5.91 Å². The van der Waals surface area contributed by atoms with E-state index >= 15 is 0 Å². The Balaban J connectivity index is 1.44. The summed E-state index contributed by atoms with van der Waals surface area (Å²) < 4.78 is 0.900. The number of nitrogens with zero attached hydrogens (tertiary/aromatic N) is 4. The second-order valence-electron chi connectivity index (χ2n) is 8.73. The molecule has 11 heteroatoms. The van der Waals surface area contributed by atoms with Gasteiger partial charge in [-0.2, -0.15) is 0 Å². The van der Waals surface area contributed by atoms with E-state index in [2.05, 4.69) is 25.5 Å². The molecule has 0 bridgehead atoms. The number of carbonyl (C=O) groups is 2. The molecule has 0 atom stereocenters. The molecule has 9 nitrogen and oxygen atoms in total. The predicted octanol–water partition coefficient (Wildman–Crippen LogP) is 5.17. The highest BCUT2D eigenvalue weighted by atomic mass is 35.5. The predicted molar refractivity (Wildman–Crippen MR) is 150 cm³/mol. The van der Waals surface area contributed by atoms with Crippen molar-refractivity contribution in [2.75, 3.05) is 43.6 Å². The molecule has 0 aliphatic heterocycles. The first kappa shape index (κ1) is 26.3. The zero-order valence-electron chi connectivity index (χ0n) is 20.6. The van der Waals surface area contributed by atoms with Gasteiger partial charge in [0.05, 0.1) is 21.6 Å². The van der Waals surface area contributed by atoms with E-state index in [-0.39, 0.29) is 17.6 Å². The Morgan fingerprint density at radius 1 is 1.05 bits per heavy atom. The second-order valence-corrected chi connectivity index (χ2v) is 10.2. The smallest absolute Gasteiger partial charge is 0.323 e. The van der Waals surface area contributed by atoms with Crippen molar-refractivity contribution >= 4 is 61.6 Å². The molecular weight excluding hydrogens is 510 g/mol. The van der Waals surface area contributed by atoms with Crippen molar-refractivity contribution < 1.29 is 9.59 Å². The fourth-order valence-corrected chi connectivity index (χ4v) is 4.75. The van der Waals surface area contributed by atoms with Crippen molar-refractivity contribution in [3.8, 4) is 0 Å². The maximum Gasteiger partial charge on any atom is 0.323 e. The molecule has 0 spiro atoms. The van der Waals surface area contributed by atoms with Crippen LogP contribution in [-0.2, 0) is 6.54 Å². The number of nitrogen functional groups attached to an aromatic ring is 1. The molecule has 0 saturated heterocycles. The van der Waals surface area contributed by atoms with E-state index < -0.39 is 0 Å². The van der Waals surface area contributed by atoms with Crippen LogP contribution in [0.2, 0.25) is 5.02 Å². The first-order valence-electron chi connectivity index (χ1n) is 11.7. The number of urea groups is 1. The lowest BCUT2D eigenvalue weighted by Gasteiger charge is -2.23. The molecule has 0 saturated carbocycles. The monoisotopic (exact) mass is 537 g/mol. The summed E-state index contributed by atoms with van der Waals surface area (Å²) in [4.78, 5) is 38.4. The molecule has 4 rings (SSSR count). The highest BCUT2D eigenvalue weighted by Gasteiger charge is 2.17. The second kappa shape index (κ2) is 12.0. The number of thiazole rings is 1. The van der Waals surface area contributed by atoms with E-state index in [9.17, 15) is 9.59 Å². The van der Waals surface area contributed by atoms with E-state index in [1.54, 1.807) is 53.6 Å². The van der Waals surface area contributed by atoms with Gasteiger partial charge in [0.15, 0.2) is 5.13 Å². The third kappa shape index (κ3) is 7.16. The molecule has 2 aromatic heterocycles. The molecule has 0 aliphatic rings. The summed E-state index contributed by atoms with van der Waals surface area (Å²) in [6.45, 7) is 1.70. The van der Waals surface area contributed by atoms with E-state index in [4.69, 9.17) is 17.3 Å². The molecule has 2 heterocycles. The summed E-state index contributed by atoms with van der Waals surface area (Å²) in [5.74, 6) is -0.360. The van der Waals surface area contributed by atoms with Gasteiger partial charge < -0.3 is 20.9 Å². The van der Waals surface area contributed by atoms with Crippen molar-refractivity contribution in [2.24, 2.45) is 0 Å². The third-order valence-electron chi connectivity index (χ3n) is 5.52. The van der Waals surface area contributed by atoms with Crippen molar-refractivity contribution in [3.63, 3.8) is 0 Å². The lowest BCUT2D eigenvalue weighted by atomic mass is 10.2. The Labute approximate surface area is 224 Å². The Morgan fingerprint density at radius 2 is 1.86 bits per heavy atom. The number of benzene rings is 2. The molecule has 3 amide bonds. The van der Waals surface area contributed by atoms with Gasteiger partial charge in [-0.25, -0.2) is 9.78 Å². The van der Waals surface area contributed by atoms with Crippen LogP contribution >= 0.6 is 22.9 Å². The number of para-hydroxylation sites is 2. The van der Waals surface area contributed by atoms with Crippen LogP contribution in [0.5, 0.6) is 0 Å². The number of hydrogen-bond donors (Lipinski definition) is 3. The van der Waals surface area contributed by atoms with Crippen LogP contribution < -0.4 is 16.4 Å².